The monoisotopic (exact) mass is 478 g/mol. The molecule has 0 fully saturated rings. The third kappa shape index (κ3) is 5.01. The second-order valence-corrected chi connectivity index (χ2v) is 9.39. The summed E-state index contributed by atoms with van der Waals surface area (Å²) in [6, 6.07) is 20.8. The lowest BCUT2D eigenvalue weighted by Gasteiger charge is -2.18. The van der Waals surface area contributed by atoms with E-state index in [-0.39, 0.29) is 16.5 Å². The Hall–Kier alpha value is -3.53. The van der Waals surface area contributed by atoms with Crippen LogP contribution in [0, 0.1) is 0 Å². The zero-order chi connectivity index (χ0) is 24.3. The van der Waals surface area contributed by atoms with Gasteiger partial charge in [-0.05, 0) is 67.9 Å². The van der Waals surface area contributed by atoms with Gasteiger partial charge in [0, 0.05) is 6.04 Å². The molecule has 0 aliphatic rings. The van der Waals surface area contributed by atoms with Gasteiger partial charge in [-0.1, -0.05) is 24.3 Å². The maximum atomic E-state index is 13.4. The molecule has 3 aromatic carbocycles. The molecule has 0 radical (unpaired) electrons. The van der Waals surface area contributed by atoms with Crippen LogP contribution in [0.1, 0.15) is 31.3 Å². The molecule has 1 heterocycles. The molecule has 34 heavy (non-hydrogen) atoms. The van der Waals surface area contributed by atoms with Crippen molar-refractivity contribution in [3.05, 3.63) is 94.5 Å². The van der Waals surface area contributed by atoms with Gasteiger partial charge in [0.05, 0.1) is 34.6 Å². The molecule has 4 rings (SSSR count). The Bertz CT molecular complexity index is 1460. The van der Waals surface area contributed by atoms with Crippen molar-refractivity contribution < 1.29 is 13.2 Å². The molecular formula is C25H26N4O4S. The minimum absolute atomic E-state index is 0.0592. The first-order chi connectivity index (χ1) is 16.3. The number of nitrogens with one attached hydrogen (secondary N) is 1. The Morgan fingerprint density at radius 3 is 2.35 bits per heavy atom. The normalized spacial score (nSPS) is 12.6. The zero-order valence-electron chi connectivity index (χ0n) is 18.9. The van der Waals surface area contributed by atoms with Crippen molar-refractivity contribution in [2.24, 2.45) is 5.14 Å². The van der Waals surface area contributed by atoms with Crippen LogP contribution < -0.4 is 20.8 Å². The highest BCUT2D eigenvalue weighted by molar-refractivity contribution is 7.89. The third-order valence-corrected chi connectivity index (χ3v) is 6.46. The molecule has 0 spiro atoms. The number of aromatic nitrogens is 2. The second kappa shape index (κ2) is 9.76. The Morgan fingerprint density at radius 2 is 1.71 bits per heavy atom. The second-order valence-electron chi connectivity index (χ2n) is 7.83. The van der Waals surface area contributed by atoms with Crippen molar-refractivity contribution >= 4 is 20.9 Å². The van der Waals surface area contributed by atoms with Crippen LogP contribution in [0.2, 0.25) is 0 Å². The van der Waals surface area contributed by atoms with Crippen LogP contribution in [0.5, 0.6) is 5.75 Å². The SMILES string of the molecule is CCOc1ccc(-n2c(CN[C@H](C)c3ccc(S(N)(=O)=O)cc3)nc3ccccc3c2=O)cc1. The lowest BCUT2D eigenvalue weighted by atomic mass is 10.1. The number of sulfonamides is 1. The van der Waals surface area contributed by atoms with Gasteiger partial charge in [0.15, 0.2) is 0 Å². The predicted octanol–water partition coefficient (Wildman–Crippen LogP) is 3.28. The summed E-state index contributed by atoms with van der Waals surface area (Å²) >= 11 is 0. The van der Waals surface area contributed by atoms with Crippen molar-refractivity contribution in [1.82, 2.24) is 14.9 Å². The van der Waals surface area contributed by atoms with E-state index in [9.17, 15) is 13.2 Å². The molecular weight excluding hydrogens is 452 g/mol. The first kappa shape index (κ1) is 23.6. The van der Waals surface area contributed by atoms with E-state index in [0.29, 0.717) is 35.6 Å². The number of ether oxygens (including phenoxy) is 1. The van der Waals surface area contributed by atoms with E-state index >= 15 is 0 Å². The Morgan fingerprint density at radius 1 is 1.03 bits per heavy atom. The topological polar surface area (TPSA) is 116 Å². The lowest BCUT2D eigenvalue weighted by Crippen LogP contribution is -2.28. The van der Waals surface area contributed by atoms with Crippen LogP contribution in [0.3, 0.4) is 0 Å². The average Bonchev–Trinajstić information content (AvgIpc) is 2.83. The third-order valence-electron chi connectivity index (χ3n) is 5.53. The number of para-hydroxylation sites is 1. The fourth-order valence-corrected chi connectivity index (χ4v) is 4.25. The predicted molar refractivity (Wildman–Crippen MR) is 132 cm³/mol. The van der Waals surface area contributed by atoms with Crippen molar-refractivity contribution in [1.29, 1.82) is 0 Å². The minimum atomic E-state index is -3.75. The van der Waals surface area contributed by atoms with E-state index in [1.165, 1.54) is 12.1 Å². The number of nitrogens with zero attached hydrogens (tertiary/aromatic N) is 2. The van der Waals surface area contributed by atoms with E-state index in [1.807, 2.05) is 56.3 Å². The molecule has 3 N–H and O–H groups in total. The summed E-state index contributed by atoms with van der Waals surface area (Å²) < 4.78 is 30.1. The summed E-state index contributed by atoms with van der Waals surface area (Å²) in [6.45, 7) is 4.74. The largest absolute Gasteiger partial charge is 0.494 e. The van der Waals surface area contributed by atoms with Crippen LogP contribution in [0.25, 0.3) is 16.6 Å². The maximum absolute atomic E-state index is 13.4. The molecule has 176 valence electrons. The summed E-state index contributed by atoms with van der Waals surface area (Å²) in [6.07, 6.45) is 0. The van der Waals surface area contributed by atoms with Crippen LogP contribution in [0.15, 0.2) is 82.5 Å². The summed E-state index contributed by atoms with van der Waals surface area (Å²) in [4.78, 5) is 18.2. The number of hydrogen-bond donors (Lipinski definition) is 2. The molecule has 0 unspecified atom stereocenters. The van der Waals surface area contributed by atoms with Gasteiger partial charge in [-0.25, -0.2) is 18.5 Å². The first-order valence-electron chi connectivity index (χ1n) is 10.9. The number of rotatable bonds is 8. The minimum Gasteiger partial charge on any atom is -0.494 e. The summed E-state index contributed by atoms with van der Waals surface area (Å²) in [5, 5.41) is 9.10. The fourth-order valence-electron chi connectivity index (χ4n) is 3.73. The molecule has 0 aliphatic heterocycles. The summed E-state index contributed by atoms with van der Waals surface area (Å²) in [5.74, 6) is 1.28. The van der Waals surface area contributed by atoms with Gasteiger partial charge >= 0.3 is 0 Å². The molecule has 4 aromatic rings. The van der Waals surface area contributed by atoms with Gasteiger partial charge in [-0.15, -0.1) is 0 Å². The van der Waals surface area contributed by atoms with E-state index in [0.717, 1.165) is 11.3 Å². The van der Waals surface area contributed by atoms with Crippen LogP contribution in [0.4, 0.5) is 0 Å². The standard InChI is InChI=1S/C25H26N4O4S/c1-3-33-20-12-10-19(11-13-20)29-24(28-23-7-5-4-6-22(23)25(29)30)16-27-17(2)18-8-14-21(15-9-18)34(26,31)32/h4-15,17,27H,3,16H2,1-2H3,(H2,26,31,32)/t17-/m1/s1. The highest BCUT2D eigenvalue weighted by Crippen LogP contribution is 2.19. The van der Waals surface area contributed by atoms with Gasteiger partial charge in [0.2, 0.25) is 10.0 Å². The summed E-state index contributed by atoms with van der Waals surface area (Å²) in [5.41, 5.74) is 2.03. The number of nitrogens with two attached hydrogens (primary N) is 1. The highest BCUT2D eigenvalue weighted by atomic mass is 32.2. The van der Waals surface area contributed by atoms with Crippen molar-refractivity contribution in [3.8, 4) is 11.4 Å². The lowest BCUT2D eigenvalue weighted by molar-refractivity contribution is 0.340. The maximum Gasteiger partial charge on any atom is 0.266 e. The number of benzene rings is 3. The molecule has 0 aliphatic carbocycles. The molecule has 0 bridgehead atoms. The van der Waals surface area contributed by atoms with Crippen molar-refractivity contribution in [3.63, 3.8) is 0 Å². The van der Waals surface area contributed by atoms with E-state index < -0.39 is 10.0 Å². The van der Waals surface area contributed by atoms with Crippen molar-refractivity contribution in [2.45, 2.75) is 31.3 Å². The molecule has 1 atom stereocenters. The van der Waals surface area contributed by atoms with Gasteiger partial charge < -0.3 is 10.1 Å². The smallest absolute Gasteiger partial charge is 0.266 e. The van der Waals surface area contributed by atoms with E-state index in [2.05, 4.69) is 5.32 Å². The van der Waals surface area contributed by atoms with Gasteiger partial charge in [0.1, 0.15) is 11.6 Å². The fraction of sp³-hybridized carbons (Fsp3) is 0.200. The Labute approximate surface area is 198 Å². The molecule has 9 heteroatoms. The van der Waals surface area contributed by atoms with E-state index in [1.54, 1.807) is 22.8 Å². The molecule has 8 nitrogen and oxygen atoms in total. The van der Waals surface area contributed by atoms with E-state index in [4.69, 9.17) is 14.9 Å². The zero-order valence-corrected chi connectivity index (χ0v) is 19.7. The average molecular weight is 479 g/mol. The van der Waals surface area contributed by atoms with Gasteiger partial charge in [-0.2, -0.15) is 0 Å². The van der Waals surface area contributed by atoms with Crippen LogP contribution in [-0.4, -0.2) is 24.6 Å². The van der Waals surface area contributed by atoms with Crippen molar-refractivity contribution in [2.75, 3.05) is 6.61 Å². The molecule has 1 aromatic heterocycles. The van der Waals surface area contributed by atoms with Crippen LogP contribution >= 0.6 is 0 Å². The molecule has 0 saturated carbocycles. The van der Waals surface area contributed by atoms with Gasteiger partial charge in [-0.3, -0.25) is 9.36 Å². The number of hydrogen-bond acceptors (Lipinski definition) is 6. The Balaban J connectivity index is 1.67. The molecule has 0 amide bonds. The number of primary sulfonamides is 1. The van der Waals surface area contributed by atoms with Gasteiger partial charge in [0.25, 0.3) is 5.56 Å². The molecule has 0 saturated heterocycles. The quantitative estimate of drug-likeness (QED) is 0.401. The van der Waals surface area contributed by atoms with Crippen LogP contribution in [-0.2, 0) is 16.6 Å². The number of fused-ring (bicyclic) bond motifs is 1. The highest BCUT2D eigenvalue weighted by Gasteiger charge is 2.15. The Kier molecular flexibility index (Phi) is 6.78. The first-order valence-corrected chi connectivity index (χ1v) is 12.4. The summed E-state index contributed by atoms with van der Waals surface area (Å²) in [7, 11) is -3.75.